The van der Waals surface area contributed by atoms with Crippen LogP contribution in [-0.4, -0.2) is 55.8 Å². The summed E-state index contributed by atoms with van der Waals surface area (Å²) in [6.07, 6.45) is 7.07. The molecule has 1 aliphatic heterocycles. The smallest absolute Gasteiger partial charge is 0.257 e. The standard InChI is InChI=1S/C24H24N6O2/c1-32-22-10-6-5-9-20(22)23-21(17-30(26-23)18-7-3-2-4-8-18)24(31)28-14-11-19(12-15-28)29-16-13-25-27-29/h2-10,13,16-17,19H,11-12,14-15H2,1H3. The van der Waals surface area contributed by atoms with E-state index in [1.807, 2.05) is 76.6 Å². The summed E-state index contributed by atoms with van der Waals surface area (Å²) >= 11 is 0. The molecule has 32 heavy (non-hydrogen) atoms. The van der Waals surface area contributed by atoms with Crippen molar-refractivity contribution in [1.82, 2.24) is 29.7 Å². The molecule has 0 saturated carbocycles. The highest BCUT2D eigenvalue weighted by molar-refractivity contribution is 6.00. The van der Waals surface area contributed by atoms with Crippen molar-refractivity contribution < 1.29 is 9.53 Å². The Labute approximate surface area is 186 Å². The number of methoxy groups -OCH3 is 1. The van der Waals surface area contributed by atoms with E-state index in [-0.39, 0.29) is 11.9 Å². The zero-order valence-corrected chi connectivity index (χ0v) is 17.8. The lowest BCUT2D eigenvalue weighted by Gasteiger charge is -2.31. The monoisotopic (exact) mass is 428 g/mol. The zero-order chi connectivity index (χ0) is 21.9. The summed E-state index contributed by atoms with van der Waals surface area (Å²) in [6, 6.07) is 17.7. The SMILES string of the molecule is COc1ccccc1-c1nn(-c2ccccc2)cc1C(=O)N1CCC(n2ccnn2)CC1. The van der Waals surface area contributed by atoms with Crippen molar-refractivity contribution in [2.75, 3.05) is 20.2 Å². The van der Waals surface area contributed by atoms with E-state index in [9.17, 15) is 4.79 Å². The van der Waals surface area contributed by atoms with Crippen LogP contribution in [0.15, 0.2) is 73.2 Å². The van der Waals surface area contributed by atoms with Gasteiger partial charge in [-0.1, -0.05) is 35.5 Å². The van der Waals surface area contributed by atoms with Crippen LogP contribution in [0.2, 0.25) is 0 Å². The Balaban J connectivity index is 1.48. The Bertz CT molecular complexity index is 1190. The summed E-state index contributed by atoms with van der Waals surface area (Å²) in [5.41, 5.74) is 2.88. The van der Waals surface area contributed by atoms with Crippen molar-refractivity contribution in [3.63, 3.8) is 0 Å². The molecule has 1 fully saturated rings. The topological polar surface area (TPSA) is 78.1 Å². The first-order chi connectivity index (χ1) is 15.7. The van der Waals surface area contributed by atoms with Crippen LogP contribution >= 0.6 is 0 Å². The van der Waals surface area contributed by atoms with Gasteiger partial charge in [0.05, 0.1) is 30.6 Å². The van der Waals surface area contributed by atoms with Crippen LogP contribution in [0.5, 0.6) is 5.75 Å². The highest BCUT2D eigenvalue weighted by Crippen LogP contribution is 2.33. The fourth-order valence-corrected chi connectivity index (χ4v) is 4.20. The molecule has 5 rings (SSSR count). The van der Waals surface area contributed by atoms with E-state index in [0.717, 1.165) is 24.1 Å². The second kappa shape index (κ2) is 8.66. The number of amides is 1. The fourth-order valence-electron chi connectivity index (χ4n) is 4.20. The van der Waals surface area contributed by atoms with Gasteiger partial charge in [-0.05, 0) is 37.1 Å². The zero-order valence-electron chi connectivity index (χ0n) is 17.8. The lowest BCUT2D eigenvalue weighted by molar-refractivity contribution is 0.0690. The number of carbonyl (C=O) groups is 1. The van der Waals surface area contributed by atoms with E-state index in [0.29, 0.717) is 30.1 Å². The number of aromatic nitrogens is 5. The molecule has 0 unspecified atom stereocenters. The van der Waals surface area contributed by atoms with Crippen molar-refractivity contribution in [3.8, 4) is 22.7 Å². The molecule has 0 radical (unpaired) electrons. The van der Waals surface area contributed by atoms with Gasteiger partial charge in [-0.25, -0.2) is 9.36 Å². The van der Waals surface area contributed by atoms with Crippen LogP contribution in [0, 0.1) is 0 Å². The molecule has 1 amide bonds. The van der Waals surface area contributed by atoms with Crippen LogP contribution in [0.1, 0.15) is 29.2 Å². The van der Waals surface area contributed by atoms with Crippen molar-refractivity contribution in [3.05, 3.63) is 78.8 Å². The minimum Gasteiger partial charge on any atom is -0.496 e. The molecule has 2 aromatic heterocycles. The molecular weight excluding hydrogens is 404 g/mol. The van der Waals surface area contributed by atoms with Crippen molar-refractivity contribution >= 4 is 5.91 Å². The molecule has 4 aromatic rings. The van der Waals surface area contributed by atoms with Gasteiger partial charge in [0.25, 0.3) is 5.91 Å². The number of hydrogen-bond acceptors (Lipinski definition) is 5. The number of carbonyl (C=O) groups excluding carboxylic acids is 1. The number of piperidine rings is 1. The molecule has 1 saturated heterocycles. The van der Waals surface area contributed by atoms with E-state index in [1.54, 1.807) is 18.0 Å². The van der Waals surface area contributed by atoms with Gasteiger partial charge < -0.3 is 9.64 Å². The fraction of sp³-hybridized carbons (Fsp3) is 0.250. The third-order valence-corrected chi connectivity index (χ3v) is 5.89. The third-order valence-electron chi connectivity index (χ3n) is 5.89. The highest BCUT2D eigenvalue weighted by atomic mass is 16.5. The number of likely N-dealkylation sites (tertiary alicyclic amines) is 1. The molecule has 0 spiro atoms. The molecule has 3 heterocycles. The molecule has 8 heteroatoms. The van der Waals surface area contributed by atoms with Gasteiger partial charge in [-0.15, -0.1) is 5.10 Å². The van der Waals surface area contributed by atoms with Gasteiger partial charge in [0.1, 0.15) is 11.4 Å². The largest absolute Gasteiger partial charge is 0.496 e. The average molecular weight is 428 g/mol. The van der Waals surface area contributed by atoms with E-state index in [1.165, 1.54) is 0 Å². The number of rotatable bonds is 5. The molecule has 1 aliphatic rings. The quantitative estimate of drug-likeness (QED) is 0.485. The van der Waals surface area contributed by atoms with Crippen molar-refractivity contribution in [2.45, 2.75) is 18.9 Å². The van der Waals surface area contributed by atoms with E-state index >= 15 is 0 Å². The van der Waals surface area contributed by atoms with Crippen LogP contribution in [0.3, 0.4) is 0 Å². The lowest BCUT2D eigenvalue weighted by atomic mass is 10.0. The molecule has 0 bridgehead atoms. The van der Waals surface area contributed by atoms with Gasteiger partial charge in [-0.3, -0.25) is 4.79 Å². The summed E-state index contributed by atoms with van der Waals surface area (Å²) in [5, 5.41) is 12.8. The second-order valence-electron chi connectivity index (χ2n) is 7.78. The number of ether oxygens (including phenoxy) is 1. The summed E-state index contributed by atoms with van der Waals surface area (Å²) in [7, 11) is 1.63. The Morgan fingerprint density at radius 1 is 1.03 bits per heavy atom. The number of hydrogen-bond donors (Lipinski definition) is 0. The maximum absolute atomic E-state index is 13.6. The van der Waals surface area contributed by atoms with Crippen LogP contribution in [-0.2, 0) is 0 Å². The summed E-state index contributed by atoms with van der Waals surface area (Å²) in [6.45, 7) is 1.32. The first-order valence-electron chi connectivity index (χ1n) is 10.7. The Morgan fingerprint density at radius 2 is 1.78 bits per heavy atom. The first-order valence-corrected chi connectivity index (χ1v) is 10.7. The number of benzene rings is 2. The molecule has 0 aliphatic carbocycles. The van der Waals surface area contributed by atoms with Gasteiger partial charge in [0.15, 0.2) is 0 Å². The van der Waals surface area contributed by atoms with Crippen LogP contribution in [0.25, 0.3) is 16.9 Å². The molecule has 162 valence electrons. The predicted octanol–water partition coefficient (Wildman–Crippen LogP) is 3.62. The van der Waals surface area contributed by atoms with Gasteiger partial charge >= 0.3 is 0 Å². The predicted molar refractivity (Wildman–Crippen MR) is 120 cm³/mol. The van der Waals surface area contributed by atoms with Crippen LogP contribution < -0.4 is 4.74 Å². The third kappa shape index (κ3) is 3.75. The van der Waals surface area contributed by atoms with E-state index in [4.69, 9.17) is 9.84 Å². The van der Waals surface area contributed by atoms with Gasteiger partial charge in [0.2, 0.25) is 0 Å². The van der Waals surface area contributed by atoms with E-state index < -0.39 is 0 Å². The first kappa shape index (κ1) is 20.0. The molecule has 0 atom stereocenters. The molecule has 8 nitrogen and oxygen atoms in total. The summed E-state index contributed by atoms with van der Waals surface area (Å²) < 4.78 is 9.21. The number of nitrogens with zero attached hydrogens (tertiary/aromatic N) is 6. The minimum absolute atomic E-state index is 0.0230. The maximum Gasteiger partial charge on any atom is 0.257 e. The Morgan fingerprint density at radius 3 is 2.50 bits per heavy atom. The lowest BCUT2D eigenvalue weighted by Crippen LogP contribution is -2.39. The average Bonchev–Trinajstić information content (AvgIpc) is 3.55. The van der Waals surface area contributed by atoms with Gasteiger partial charge in [-0.2, -0.15) is 5.10 Å². The second-order valence-corrected chi connectivity index (χ2v) is 7.78. The minimum atomic E-state index is -0.0230. The number of para-hydroxylation sites is 2. The molecule has 2 aromatic carbocycles. The van der Waals surface area contributed by atoms with Crippen molar-refractivity contribution in [1.29, 1.82) is 0 Å². The Kier molecular flexibility index (Phi) is 5.41. The normalized spacial score (nSPS) is 14.5. The summed E-state index contributed by atoms with van der Waals surface area (Å²) in [5.74, 6) is 0.662. The molecule has 0 N–H and O–H groups in total. The van der Waals surface area contributed by atoms with E-state index in [2.05, 4.69) is 10.3 Å². The van der Waals surface area contributed by atoms with Gasteiger partial charge in [0, 0.05) is 31.0 Å². The maximum atomic E-state index is 13.6. The highest BCUT2D eigenvalue weighted by Gasteiger charge is 2.29. The molecular formula is C24H24N6O2. The van der Waals surface area contributed by atoms with Crippen molar-refractivity contribution in [2.24, 2.45) is 0 Å². The summed E-state index contributed by atoms with van der Waals surface area (Å²) in [4.78, 5) is 15.5. The van der Waals surface area contributed by atoms with Crippen LogP contribution in [0.4, 0.5) is 0 Å². The Hall–Kier alpha value is -3.94.